The van der Waals surface area contributed by atoms with E-state index in [0.717, 1.165) is 24.6 Å². The fourth-order valence-corrected chi connectivity index (χ4v) is 2.73. The summed E-state index contributed by atoms with van der Waals surface area (Å²) in [6.45, 7) is 1.89. The van der Waals surface area contributed by atoms with Crippen molar-refractivity contribution in [3.8, 4) is 12.3 Å². The second-order valence-electron chi connectivity index (χ2n) is 4.10. The van der Waals surface area contributed by atoms with E-state index in [2.05, 4.69) is 11.2 Å². The SMILES string of the molecule is C#CCSCCNC1CCCCC1CN. The van der Waals surface area contributed by atoms with Gasteiger partial charge in [-0.05, 0) is 25.3 Å². The first-order valence-electron chi connectivity index (χ1n) is 5.83. The van der Waals surface area contributed by atoms with Gasteiger partial charge in [0.05, 0.1) is 5.75 Å². The van der Waals surface area contributed by atoms with Crippen LogP contribution in [0.1, 0.15) is 25.7 Å². The van der Waals surface area contributed by atoms with Crippen LogP contribution in [-0.4, -0.2) is 30.6 Å². The third kappa shape index (κ3) is 4.92. The first kappa shape index (κ1) is 12.9. The Morgan fingerprint density at radius 2 is 2.20 bits per heavy atom. The number of hydrogen-bond acceptors (Lipinski definition) is 3. The van der Waals surface area contributed by atoms with Gasteiger partial charge in [-0.2, -0.15) is 0 Å². The van der Waals surface area contributed by atoms with Gasteiger partial charge in [0.1, 0.15) is 0 Å². The van der Waals surface area contributed by atoms with Crippen molar-refractivity contribution in [2.45, 2.75) is 31.7 Å². The standard InChI is InChI=1S/C12H22N2S/c1-2-8-15-9-7-14-12-6-4-3-5-11(12)10-13/h1,11-12,14H,3-10,13H2. The lowest BCUT2D eigenvalue weighted by molar-refractivity contribution is 0.272. The highest BCUT2D eigenvalue weighted by Gasteiger charge is 2.22. The number of rotatable bonds is 6. The lowest BCUT2D eigenvalue weighted by Gasteiger charge is -2.31. The van der Waals surface area contributed by atoms with E-state index in [1.54, 1.807) is 0 Å². The van der Waals surface area contributed by atoms with Gasteiger partial charge in [0.25, 0.3) is 0 Å². The van der Waals surface area contributed by atoms with Crippen molar-refractivity contribution in [2.24, 2.45) is 11.7 Å². The van der Waals surface area contributed by atoms with Crippen LogP contribution in [-0.2, 0) is 0 Å². The summed E-state index contributed by atoms with van der Waals surface area (Å²) in [7, 11) is 0. The smallest absolute Gasteiger partial charge is 0.0545 e. The predicted molar refractivity (Wildman–Crippen MR) is 69.0 cm³/mol. The second kappa shape index (κ2) is 8.04. The molecule has 3 N–H and O–H groups in total. The number of hydrogen-bond donors (Lipinski definition) is 2. The van der Waals surface area contributed by atoms with Crippen LogP contribution in [0.3, 0.4) is 0 Å². The zero-order chi connectivity index (χ0) is 10.9. The molecule has 0 spiro atoms. The van der Waals surface area contributed by atoms with Crippen molar-refractivity contribution in [1.82, 2.24) is 5.32 Å². The van der Waals surface area contributed by atoms with Gasteiger partial charge in [-0.15, -0.1) is 18.2 Å². The first-order valence-corrected chi connectivity index (χ1v) is 6.98. The summed E-state index contributed by atoms with van der Waals surface area (Å²) in [5.41, 5.74) is 5.77. The highest BCUT2D eigenvalue weighted by Crippen LogP contribution is 2.23. The molecule has 2 atom stereocenters. The average Bonchev–Trinajstić information content (AvgIpc) is 2.29. The van der Waals surface area contributed by atoms with E-state index in [1.165, 1.54) is 25.7 Å². The molecule has 0 aromatic rings. The molecule has 0 bridgehead atoms. The molecule has 1 fully saturated rings. The maximum absolute atomic E-state index is 5.77. The van der Waals surface area contributed by atoms with Crippen molar-refractivity contribution in [3.63, 3.8) is 0 Å². The van der Waals surface area contributed by atoms with Gasteiger partial charge >= 0.3 is 0 Å². The topological polar surface area (TPSA) is 38.0 Å². The first-order chi connectivity index (χ1) is 7.38. The normalized spacial score (nSPS) is 26.1. The third-order valence-corrected chi connectivity index (χ3v) is 3.91. The van der Waals surface area contributed by atoms with Crippen LogP contribution in [0.15, 0.2) is 0 Å². The summed E-state index contributed by atoms with van der Waals surface area (Å²) in [6, 6.07) is 0.648. The highest BCUT2D eigenvalue weighted by molar-refractivity contribution is 7.99. The third-order valence-electron chi connectivity index (χ3n) is 3.05. The Hall–Kier alpha value is -0.170. The van der Waals surface area contributed by atoms with E-state index in [0.29, 0.717) is 12.0 Å². The molecule has 86 valence electrons. The van der Waals surface area contributed by atoms with E-state index < -0.39 is 0 Å². The fraction of sp³-hybridized carbons (Fsp3) is 0.833. The van der Waals surface area contributed by atoms with Crippen molar-refractivity contribution in [2.75, 3.05) is 24.6 Å². The highest BCUT2D eigenvalue weighted by atomic mass is 32.2. The van der Waals surface area contributed by atoms with Gasteiger partial charge in [-0.25, -0.2) is 0 Å². The minimum Gasteiger partial charge on any atom is -0.330 e. The Morgan fingerprint density at radius 3 is 2.93 bits per heavy atom. The molecule has 0 heterocycles. The van der Waals surface area contributed by atoms with Crippen LogP contribution in [0, 0.1) is 18.3 Å². The van der Waals surface area contributed by atoms with E-state index in [4.69, 9.17) is 12.2 Å². The van der Waals surface area contributed by atoms with Gasteiger partial charge < -0.3 is 11.1 Å². The van der Waals surface area contributed by atoms with Gasteiger partial charge in [0, 0.05) is 18.3 Å². The maximum Gasteiger partial charge on any atom is 0.0545 e. The maximum atomic E-state index is 5.77. The summed E-state index contributed by atoms with van der Waals surface area (Å²) in [5.74, 6) is 5.27. The Kier molecular flexibility index (Phi) is 6.91. The van der Waals surface area contributed by atoms with E-state index in [-0.39, 0.29) is 0 Å². The molecule has 1 aliphatic carbocycles. The Morgan fingerprint density at radius 1 is 1.40 bits per heavy atom. The van der Waals surface area contributed by atoms with Crippen molar-refractivity contribution in [1.29, 1.82) is 0 Å². The number of thioether (sulfide) groups is 1. The lowest BCUT2D eigenvalue weighted by Crippen LogP contribution is -2.42. The average molecular weight is 226 g/mol. The predicted octanol–water partition coefficient (Wildman–Crippen LogP) is 1.46. The van der Waals surface area contributed by atoms with E-state index in [9.17, 15) is 0 Å². The van der Waals surface area contributed by atoms with Crippen LogP contribution in [0.25, 0.3) is 0 Å². The zero-order valence-electron chi connectivity index (χ0n) is 9.37. The minimum absolute atomic E-state index is 0.648. The molecule has 0 aromatic carbocycles. The number of terminal acetylenes is 1. The zero-order valence-corrected chi connectivity index (χ0v) is 10.2. The van der Waals surface area contributed by atoms with Crippen LogP contribution in [0.5, 0.6) is 0 Å². The van der Waals surface area contributed by atoms with Crippen LogP contribution < -0.4 is 11.1 Å². The Balaban J connectivity index is 2.10. The molecule has 0 aromatic heterocycles. The monoisotopic (exact) mass is 226 g/mol. The molecule has 1 aliphatic rings. The largest absolute Gasteiger partial charge is 0.330 e. The molecule has 3 heteroatoms. The molecule has 15 heavy (non-hydrogen) atoms. The number of nitrogens with one attached hydrogen (secondary N) is 1. The summed E-state index contributed by atoms with van der Waals surface area (Å²) >= 11 is 1.82. The fourth-order valence-electron chi connectivity index (χ4n) is 2.21. The lowest BCUT2D eigenvalue weighted by atomic mass is 9.84. The van der Waals surface area contributed by atoms with Crippen molar-refractivity contribution in [3.05, 3.63) is 0 Å². The molecular formula is C12H22N2S. The van der Waals surface area contributed by atoms with Gasteiger partial charge in [0.2, 0.25) is 0 Å². The molecule has 1 saturated carbocycles. The Bertz CT molecular complexity index is 200. The molecule has 0 radical (unpaired) electrons. The van der Waals surface area contributed by atoms with Gasteiger partial charge in [0.15, 0.2) is 0 Å². The summed E-state index contributed by atoms with van der Waals surface area (Å²) < 4.78 is 0. The van der Waals surface area contributed by atoms with E-state index in [1.807, 2.05) is 11.8 Å². The van der Waals surface area contributed by atoms with E-state index >= 15 is 0 Å². The molecule has 1 rings (SSSR count). The summed E-state index contributed by atoms with van der Waals surface area (Å²) in [5, 5.41) is 3.61. The second-order valence-corrected chi connectivity index (χ2v) is 5.20. The molecule has 0 saturated heterocycles. The molecule has 2 nitrogen and oxygen atoms in total. The van der Waals surface area contributed by atoms with Gasteiger partial charge in [-0.1, -0.05) is 18.8 Å². The molecule has 0 aliphatic heterocycles. The van der Waals surface area contributed by atoms with Crippen LogP contribution >= 0.6 is 11.8 Å². The van der Waals surface area contributed by atoms with Crippen molar-refractivity contribution >= 4 is 11.8 Å². The minimum atomic E-state index is 0.648. The van der Waals surface area contributed by atoms with Crippen molar-refractivity contribution < 1.29 is 0 Å². The molecule has 2 unspecified atom stereocenters. The molecule has 0 amide bonds. The summed E-state index contributed by atoms with van der Waals surface area (Å²) in [4.78, 5) is 0. The summed E-state index contributed by atoms with van der Waals surface area (Å²) in [6.07, 6.45) is 10.5. The quantitative estimate of drug-likeness (QED) is 0.532. The van der Waals surface area contributed by atoms with Gasteiger partial charge in [-0.3, -0.25) is 0 Å². The van der Waals surface area contributed by atoms with Crippen LogP contribution in [0.2, 0.25) is 0 Å². The van der Waals surface area contributed by atoms with Crippen LogP contribution in [0.4, 0.5) is 0 Å². The number of nitrogens with two attached hydrogens (primary N) is 1. The molecular weight excluding hydrogens is 204 g/mol. The Labute approximate surface area is 97.8 Å².